The van der Waals surface area contributed by atoms with Crippen LogP contribution >= 0.6 is 0 Å². The molecular formula is C9H15N5O. The van der Waals surface area contributed by atoms with Gasteiger partial charge in [0.1, 0.15) is 0 Å². The zero-order valence-corrected chi connectivity index (χ0v) is 8.57. The van der Waals surface area contributed by atoms with E-state index in [1.54, 1.807) is 0 Å². The van der Waals surface area contributed by atoms with Crippen molar-refractivity contribution in [2.45, 2.75) is 32.1 Å². The highest BCUT2D eigenvalue weighted by Gasteiger charge is 2.21. The Kier molecular flexibility index (Phi) is 3.26. The van der Waals surface area contributed by atoms with E-state index in [0.717, 1.165) is 12.8 Å². The number of carbonyl (C=O) groups is 1. The average Bonchev–Trinajstić information content (AvgIpc) is 2.90. The molecule has 0 atom stereocenters. The van der Waals surface area contributed by atoms with Gasteiger partial charge in [-0.25, -0.2) is 0 Å². The third-order valence-electron chi connectivity index (χ3n) is 2.76. The van der Waals surface area contributed by atoms with E-state index in [9.17, 15) is 4.79 Å². The predicted molar refractivity (Wildman–Crippen MR) is 52.8 cm³/mol. The normalized spacial score (nSPS) is 16.8. The molecule has 0 radical (unpaired) electrons. The van der Waals surface area contributed by atoms with Gasteiger partial charge in [-0.3, -0.25) is 4.79 Å². The molecule has 6 heteroatoms. The second-order valence-electron chi connectivity index (χ2n) is 3.85. The van der Waals surface area contributed by atoms with Gasteiger partial charge in [0, 0.05) is 18.9 Å². The number of nitrogens with zero attached hydrogens (tertiary/aromatic N) is 3. The van der Waals surface area contributed by atoms with Gasteiger partial charge in [-0.1, -0.05) is 18.1 Å². The van der Waals surface area contributed by atoms with E-state index in [1.165, 1.54) is 12.8 Å². The van der Waals surface area contributed by atoms with Crippen LogP contribution in [0.3, 0.4) is 0 Å². The van der Waals surface area contributed by atoms with Gasteiger partial charge in [-0.15, -0.1) is 10.2 Å². The second kappa shape index (κ2) is 4.86. The molecule has 0 spiro atoms. The summed E-state index contributed by atoms with van der Waals surface area (Å²) >= 11 is 0. The van der Waals surface area contributed by atoms with Gasteiger partial charge in [-0.2, -0.15) is 5.21 Å². The first-order valence-corrected chi connectivity index (χ1v) is 5.36. The molecule has 1 saturated carbocycles. The second-order valence-corrected chi connectivity index (χ2v) is 3.85. The Morgan fingerprint density at radius 1 is 1.47 bits per heavy atom. The lowest BCUT2D eigenvalue weighted by Crippen LogP contribution is -2.31. The highest BCUT2D eigenvalue weighted by Crippen LogP contribution is 2.24. The largest absolute Gasteiger partial charge is 0.355 e. The van der Waals surface area contributed by atoms with Crippen molar-refractivity contribution in [1.29, 1.82) is 0 Å². The summed E-state index contributed by atoms with van der Waals surface area (Å²) < 4.78 is 0. The Morgan fingerprint density at radius 2 is 2.27 bits per heavy atom. The molecule has 1 aliphatic carbocycles. The van der Waals surface area contributed by atoms with E-state index in [-0.39, 0.29) is 11.8 Å². The summed E-state index contributed by atoms with van der Waals surface area (Å²) in [6, 6.07) is 0. The van der Waals surface area contributed by atoms with Crippen LogP contribution in [-0.4, -0.2) is 33.1 Å². The highest BCUT2D eigenvalue weighted by molar-refractivity contribution is 5.78. The number of rotatable bonds is 4. The summed E-state index contributed by atoms with van der Waals surface area (Å²) in [4.78, 5) is 11.6. The maximum absolute atomic E-state index is 11.6. The lowest BCUT2D eigenvalue weighted by Gasteiger charge is -2.08. The lowest BCUT2D eigenvalue weighted by atomic mass is 10.1. The monoisotopic (exact) mass is 209 g/mol. The Labute approximate surface area is 87.8 Å². The third-order valence-corrected chi connectivity index (χ3v) is 2.76. The molecule has 1 aromatic heterocycles. The molecule has 1 heterocycles. The van der Waals surface area contributed by atoms with Gasteiger partial charge in [-0.05, 0) is 12.8 Å². The van der Waals surface area contributed by atoms with Gasteiger partial charge in [0.2, 0.25) is 5.91 Å². The molecule has 0 aliphatic heterocycles. The maximum Gasteiger partial charge on any atom is 0.223 e. The Morgan fingerprint density at radius 3 is 2.93 bits per heavy atom. The molecule has 0 bridgehead atoms. The summed E-state index contributed by atoms with van der Waals surface area (Å²) in [7, 11) is 0. The lowest BCUT2D eigenvalue weighted by molar-refractivity contribution is -0.124. The van der Waals surface area contributed by atoms with E-state index in [0.29, 0.717) is 18.8 Å². The van der Waals surface area contributed by atoms with Crippen LogP contribution in [0.4, 0.5) is 0 Å². The van der Waals surface area contributed by atoms with E-state index >= 15 is 0 Å². The fourth-order valence-corrected chi connectivity index (χ4v) is 1.92. The van der Waals surface area contributed by atoms with Gasteiger partial charge in [0.25, 0.3) is 0 Å². The standard InChI is InChI=1S/C9H15N5O/c15-9(7-3-1-2-4-7)10-6-5-8-11-13-14-12-8/h7H,1-6H2,(H,10,15)(H,11,12,13,14). The quantitative estimate of drug-likeness (QED) is 0.733. The maximum atomic E-state index is 11.6. The number of H-pyrrole nitrogens is 1. The van der Waals surface area contributed by atoms with Crippen LogP contribution in [-0.2, 0) is 11.2 Å². The van der Waals surface area contributed by atoms with Crippen molar-refractivity contribution in [3.05, 3.63) is 5.82 Å². The highest BCUT2D eigenvalue weighted by atomic mass is 16.1. The fourth-order valence-electron chi connectivity index (χ4n) is 1.92. The van der Waals surface area contributed by atoms with Crippen molar-refractivity contribution in [2.24, 2.45) is 5.92 Å². The van der Waals surface area contributed by atoms with Crippen molar-refractivity contribution >= 4 is 5.91 Å². The number of carbonyl (C=O) groups excluding carboxylic acids is 1. The van der Waals surface area contributed by atoms with E-state index in [2.05, 4.69) is 25.9 Å². The van der Waals surface area contributed by atoms with E-state index in [1.807, 2.05) is 0 Å². The molecule has 0 unspecified atom stereocenters. The molecule has 0 saturated heterocycles. The van der Waals surface area contributed by atoms with Crippen LogP contribution in [0, 0.1) is 5.92 Å². The number of hydrogen-bond donors (Lipinski definition) is 2. The van der Waals surface area contributed by atoms with Gasteiger partial charge >= 0.3 is 0 Å². The van der Waals surface area contributed by atoms with Crippen LogP contribution in [0.15, 0.2) is 0 Å². The molecule has 2 N–H and O–H groups in total. The summed E-state index contributed by atoms with van der Waals surface area (Å²) in [5.74, 6) is 1.05. The number of tetrazole rings is 1. The van der Waals surface area contributed by atoms with Crippen LogP contribution in [0.5, 0.6) is 0 Å². The zero-order chi connectivity index (χ0) is 10.5. The van der Waals surface area contributed by atoms with Gasteiger partial charge in [0.05, 0.1) is 0 Å². The molecule has 6 nitrogen and oxygen atoms in total. The minimum Gasteiger partial charge on any atom is -0.355 e. The zero-order valence-electron chi connectivity index (χ0n) is 8.57. The first kappa shape index (κ1) is 10.1. The average molecular weight is 209 g/mol. The van der Waals surface area contributed by atoms with Gasteiger partial charge in [0.15, 0.2) is 5.82 Å². The molecular weight excluding hydrogens is 194 g/mol. The van der Waals surface area contributed by atoms with Gasteiger partial charge < -0.3 is 5.32 Å². The van der Waals surface area contributed by atoms with Crippen molar-refractivity contribution in [2.75, 3.05) is 6.54 Å². The first-order chi connectivity index (χ1) is 7.36. The van der Waals surface area contributed by atoms with Crippen molar-refractivity contribution in [1.82, 2.24) is 25.9 Å². The minimum absolute atomic E-state index is 0.177. The van der Waals surface area contributed by atoms with Crippen LogP contribution < -0.4 is 5.32 Å². The molecule has 1 aliphatic rings. The fraction of sp³-hybridized carbons (Fsp3) is 0.778. The van der Waals surface area contributed by atoms with Crippen LogP contribution in [0.2, 0.25) is 0 Å². The molecule has 82 valence electrons. The third kappa shape index (κ3) is 2.74. The number of aromatic amines is 1. The smallest absolute Gasteiger partial charge is 0.223 e. The molecule has 2 rings (SSSR count). The van der Waals surface area contributed by atoms with E-state index in [4.69, 9.17) is 0 Å². The first-order valence-electron chi connectivity index (χ1n) is 5.36. The molecule has 1 amide bonds. The number of amides is 1. The summed E-state index contributed by atoms with van der Waals surface area (Å²) in [6.45, 7) is 0.592. The molecule has 0 aromatic carbocycles. The molecule has 1 aromatic rings. The Balaban J connectivity index is 1.67. The van der Waals surface area contributed by atoms with Crippen molar-refractivity contribution in [3.8, 4) is 0 Å². The summed E-state index contributed by atoms with van der Waals surface area (Å²) in [5, 5.41) is 16.4. The summed E-state index contributed by atoms with van der Waals surface area (Å²) in [6.07, 6.45) is 5.07. The van der Waals surface area contributed by atoms with Crippen LogP contribution in [0.25, 0.3) is 0 Å². The predicted octanol–water partition coefficient (Wildman–Crippen LogP) is 0.0486. The van der Waals surface area contributed by atoms with Crippen molar-refractivity contribution < 1.29 is 4.79 Å². The topological polar surface area (TPSA) is 83.6 Å². The Hall–Kier alpha value is -1.46. The SMILES string of the molecule is O=C(NCCc1nn[nH]n1)C1CCCC1. The van der Waals surface area contributed by atoms with E-state index < -0.39 is 0 Å². The minimum atomic E-state index is 0.177. The number of nitrogens with one attached hydrogen (secondary N) is 2. The molecule has 1 fully saturated rings. The van der Waals surface area contributed by atoms with Crippen molar-refractivity contribution in [3.63, 3.8) is 0 Å². The van der Waals surface area contributed by atoms with Crippen LogP contribution in [0.1, 0.15) is 31.5 Å². The number of hydrogen-bond acceptors (Lipinski definition) is 4. The molecule has 15 heavy (non-hydrogen) atoms. The number of aromatic nitrogens is 4. The summed E-state index contributed by atoms with van der Waals surface area (Å²) in [5.41, 5.74) is 0. The Bertz CT molecular complexity index is 304.